The van der Waals surface area contributed by atoms with Gasteiger partial charge in [0.05, 0.1) is 12.0 Å². The van der Waals surface area contributed by atoms with Crippen LogP contribution in [0.3, 0.4) is 0 Å². The van der Waals surface area contributed by atoms with Crippen LogP contribution in [-0.2, 0) is 4.79 Å². The third-order valence-electron chi connectivity index (χ3n) is 4.62. The molecule has 3 rings (SSSR count). The number of aliphatic carboxylic acids is 1. The van der Waals surface area contributed by atoms with Gasteiger partial charge in [-0.1, -0.05) is 24.3 Å². The number of halogens is 2. The Balaban J connectivity index is 1.89. The minimum Gasteiger partial charge on any atom is -0.481 e. The monoisotopic (exact) mass is 331 g/mol. The molecule has 0 atom stereocenters. The van der Waals surface area contributed by atoms with Crippen molar-refractivity contribution in [3.63, 3.8) is 0 Å². The number of carbonyl (C=O) groups is 1. The fraction of sp³-hybridized carbons (Fsp3) is 0.316. The van der Waals surface area contributed by atoms with Crippen molar-refractivity contribution < 1.29 is 18.7 Å². The van der Waals surface area contributed by atoms with E-state index in [4.69, 9.17) is 5.11 Å². The van der Waals surface area contributed by atoms with Gasteiger partial charge in [0.15, 0.2) is 0 Å². The van der Waals surface area contributed by atoms with Crippen LogP contribution < -0.4 is 0 Å². The predicted molar refractivity (Wildman–Crippen MR) is 86.6 cm³/mol. The molecule has 3 nitrogen and oxygen atoms in total. The lowest BCUT2D eigenvalue weighted by molar-refractivity contribution is -0.143. The first kappa shape index (κ1) is 16.6. The zero-order valence-corrected chi connectivity index (χ0v) is 13.2. The van der Waals surface area contributed by atoms with Gasteiger partial charge in [-0.15, -0.1) is 0 Å². The molecular formula is C19H19F2NO2. The number of carboxylic acids is 1. The number of likely N-dealkylation sites (tertiary alicyclic amines) is 1. The minimum absolute atomic E-state index is 0.138. The number of hydrogen-bond acceptors (Lipinski definition) is 2. The van der Waals surface area contributed by atoms with E-state index in [1.165, 1.54) is 24.3 Å². The van der Waals surface area contributed by atoms with Crippen LogP contribution in [0.25, 0.3) is 0 Å². The minimum atomic E-state index is -0.755. The first-order valence-corrected chi connectivity index (χ1v) is 8.02. The van der Waals surface area contributed by atoms with E-state index in [9.17, 15) is 13.6 Å². The average Bonchev–Trinajstić information content (AvgIpc) is 2.59. The van der Waals surface area contributed by atoms with E-state index >= 15 is 0 Å². The Morgan fingerprint density at radius 3 is 1.71 bits per heavy atom. The summed E-state index contributed by atoms with van der Waals surface area (Å²) in [6, 6.07) is 12.4. The molecule has 0 saturated carbocycles. The molecule has 1 N–H and O–H groups in total. The molecule has 126 valence electrons. The summed E-state index contributed by atoms with van der Waals surface area (Å²) in [4.78, 5) is 13.3. The van der Waals surface area contributed by atoms with Crippen molar-refractivity contribution in [2.75, 3.05) is 13.1 Å². The smallest absolute Gasteiger partial charge is 0.306 e. The quantitative estimate of drug-likeness (QED) is 0.925. The average molecular weight is 331 g/mol. The number of carboxylic acid groups (broad SMARTS) is 1. The molecule has 24 heavy (non-hydrogen) atoms. The highest BCUT2D eigenvalue weighted by Gasteiger charge is 2.30. The maximum Gasteiger partial charge on any atom is 0.306 e. The van der Waals surface area contributed by atoms with E-state index < -0.39 is 5.97 Å². The van der Waals surface area contributed by atoms with Crippen molar-refractivity contribution >= 4 is 5.97 Å². The van der Waals surface area contributed by atoms with Crippen molar-refractivity contribution in [3.05, 3.63) is 71.3 Å². The van der Waals surface area contributed by atoms with Crippen LogP contribution in [0.2, 0.25) is 0 Å². The maximum absolute atomic E-state index is 13.3. The van der Waals surface area contributed by atoms with E-state index in [-0.39, 0.29) is 23.6 Å². The van der Waals surface area contributed by atoms with Crippen LogP contribution in [0.15, 0.2) is 48.5 Å². The summed E-state index contributed by atoms with van der Waals surface area (Å²) in [5.41, 5.74) is 1.83. The molecule has 1 aliphatic rings. The Morgan fingerprint density at radius 1 is 0.917 bits per heavy atom. The van der Waals surface area contributed by atoms with Crippen LogP contribution in [-0.4, -0.2) is 29.1 Å². The Morgan fingerprint density at radius 2 is 1.33 bits per heavy atom. The second-order valence-electron chi connectivity index (χ2n) is 6.15. The fourth-order valence-corrected chi connectivity index (χ4v) is 3.31. The molecule has 2 aromatic carbocycles. The van der Waals surface area contributed by atoms with Gasteiger partial charge in [0.1, 0.15) is 11.6 Å². The molecule has 0 aliphatic carbocycles. The van der Waals surface area contributed by atoms with Crippen LogP contribution in [0.1, 0.15) is 30.0 Å². The predicted octanol–water partition coefficient (Wildman–Crippen LogP) is 3.85. The summed E-state index contributed by atoms with van der Waals surface area (Å²) >= 11 is 0. The van der Waals surface area contributed by atoms with Gasteiger partial charge in [-0.25, -0.2) is 8.78 Å². The van der Waals surface area contributed by atoms with Gasteiger partial charge in [-0.2, -0.15) is 0 Å². The second-order valence-corrected chi connectivity index (χ2v) is 6.15. The van der Waals surface area contributed by atoms with Gasteiger partial charge < -0.3 is 5.11 Å². The lowest BCUT2D eigenvalue weighted by Gasteiger charge is -2.37. The maximum atomic E-state index is 13.3. The molecule has 0 radical (unpaired) electrons. The SMILES string of the molecule is O=C(O)C1CCN(C(c2ccc(F)cc2)c2ccc(F)cc2)CC1. The molecule has 5 heteroatoms. The number of piperidine rings is 1. The highest BCUT2D eigenvalue weighted by Crippen LogP contribution is 2.32. The Labute approximate surface area is 139 Å². The van der Waals surface area contributed by atoms with Crippen LogP contribution in [0.4, 0.5) is 8.78 Å². The zero-order chi connectivity index (χ0) is 17.1. The Hall–Kier alpha value is -2.27. The summed E-state index contributed by atoms with van der Waals surface area (Å²) < 4.78 is 26.5. The Bertz CT molecular complexity index is 647. The molecule has 0 bridgehead atoms. The van der Waals surface area contributed by atoms with Gasteiger partial charge in [0.25, 0.3) is 0 Å². The van der Waals surface area contributed by atoms with E-state index in [1.807, 2.05) is 0 Å². The van der Waals surface area contributed by atoms with E-state index in [1.54, 1.807) is 24.3 Å². The summed E-state index contributed by atoms with van der Waals surface area (Å²) in [6.45, 7) is 1.27. The molecule has 1 saturated heterocycles. The normalized spacial score (nSPS) is 16.5. The third-order valence-corrected chi connectivity index (χ3v) is 4.62. The number of rotatable bonds is 4. The molecule has 2 aromatic rings. The topological polar surface area (TPSA) is 40.5 Å². The van der Waals surface area contributed by atoms with E-state index in [2.05, 4.69) is 4.90 Å². The standard InChI is InChI=1S/C19H19F2NO2/c20-16-5-1-13(2-6-16)18(14-3-7-17(21)8-4-14)22-11-9-15(10-12-22)19(23)24/h1-8,15,18H,9-12H2,(H,23,24). The first-order valence-electron chi connectivity index (χ1n) is 8.02. The van der Waals surface area contributed by atoms with Crippen molar-refractivity contribution in [1.82, 2.24) is 4.90 Å². The molecule has 1 fully saturated rings. The van der Waals surface area contributed by atoms with Gasteiger partial charge in [-0.3, -0.25) is 9.69 Å². The fourth-order valence-electron chi connectivity index (χ4n) is 3.31. The van der Waals surface area contributed by atoms with Crippen molar-refractivity contribution in [2.24, 2.45) is 5.92 Å². The van der Waals surface area contributed by atoms with Crippen LogP contribution in [0, 0.1) is 17.6 Å². The molecule has 0 unspecified atom stereocenters. The van der Waals surface area contributed by atoms with Crippen LogP contribution in [0.5, 0.6) is 0 Å². The zero-order valence-electron chi connectivity index (χ0n) is 13.2. The highest BCUT2D eigenvalue weighted by atomic mass is 19.1. The highest BCUT2D eigenvalue weighted by molar-refractivity contribution is 5.70. The van der Waals surface area contributed by atoms with E-state index in [0.29, 0.717) is 25.9 Å². The molecular weight excluding hydrogens is 312 g/mol. The van der Waals surface area contributed by atoms with Crippen LogP contribution >= 0.6 is 0 Å². The first-order chi connectivity index (χ1) is 11.5. The van der Waals surface area contributed by atoms with Gasteiger partial charge in [-0.05, 0) is 61.3 Å². The summed E-state index contributed by atoms with van der Waals surface area (Å²) in [5, 5.41) is 9.16. The molecule has 1 aliphatic heterocycles. The lowest BCUT2D eigenvalue weighted by Crippen LogP contribution is -2.39. The largest absolute Gasteiger partial charge is 0.481 e. The lowest BCUT2D eigenvalue weighted by atomic mass is 9.91. The number of hydrogen-bond donors (Lipinski definition) is 1. The third kappa shape index (κ3) is 3.62. The summed E-state index contributed by atoms with van der Waals surface area (Å²) in [6.07, 6.45) is 1.16. The van der Waals surface area contributed by atoms with Crippen molar-refractivity contribution in [3.8, 4) is 0 Å². The van der Waals surface area contributed by atoms with Crippen molar-refractivity contribution in [1.29, 1.82) is 0 Å². The van der Waals surface area contributed by atoms with Gasteiger partial charge >= 0.3 is 5.97 Å². The van der Waals surface area contributed by atoms with Gasteiger partial charge in [0, 0.05) is 0 Å². The number of benzene rings is 2. The summed E-state index contributed by atoms with van der Waals surface area (Å²) in [5.74, 6) is -1.68. The van der Waals surface area contributed by atoms with Gasteiger partial charge in [0.2, 0.25) is 0 Å². The Kier molecular flexibility index (Phi) is 4.90. The number of nitrogens with zero attached hydrogens (tertiary/aromatic N) is 1. The molecule has 0 amide bonds. The van der Waals surface area contributed by atoms with E-state index in [0.717, 1.165) is 11.1 Å². The molecule has 1 heterocycles. The summed E-state index contributed by atoms with van der Waals surface area (Å²) in [7, 11) is 0. The van der Waals surface area contributed by atoms with Crippen molar-refractivity contribution in [2.45, 2.75) is 18.9 Å². The second kappa shape index (κ2) is 7.09. The molecule has 0 spiro atoms. The molecule has 0 aromatic heterocycles.